The van der Waals surface area contributed by atoms with E-state index in [4.69, 9.17) is 0 Å². The number of nitrogens with one attached hydrogen (secondary N) is 1. The first-order chi connectivity index (χ1) is 7.07. The van der Waals surface area contributed by atoms with Crippen molar-refractivity contribution in [2.75, 3.05) is 6.90 Å². The number of hydrogen-bond donors (Lipinski definition) is 3. The summed E-state index contributed by atoms with van der Waals surface area (Å²) in [5.41, 5.74) is 0.524. The Morgan fingerprint density at radius 2 is 2.13 bits per heavy atom. The zero-order chi connectivity index (χ0) is 11.4. The van der Waals surface area contributed by atoms with Crippen molar-refractivity contribution >= 4 is 11.5 Å². The summed E-state index contributed by atoms with van der Waals surface area (Å²) in [5, 5.41) is 22.2. The van der Waals surface area contributed by atoms with Crippen LogP contribution in [0.2, 0.25) is 1.96 Å². The number of Topliss-reactive ketones (excluding diaryl/α,β-unsaturated/α-hetero) is 1. The Morgan fingerprint density at radius 3 is 2.67 bits per heavy atom. The van der Waals surface area contributed by atoms with Gasteiger partial charge < -0.3 is 0 Å². The first kappa shape index (κ1) is 12.8. The summed E-state index contributed by atoms with van der Waals surface area (Å²) in [7, 11) is 0. The Morgan fingerprint density at radius 1 is 1.47 bits per heavy atom. The van der Waals surface area contributed by atoms with Gasteiger partial charge in [-0.25, -0.2) is 0 Å². The van der Waals surface area contributed by atoms with Crippen LogP contribution in [0.25, 0.3) is 0 Å². The van der Waals surface area contributed by atoms with Crippen molar-refractivity contribution in [3.05, 3.63) is 17.7 Å². The van der Waals surface area contributed by atoms with Crippen LogP contribution in [-0.4, -0.2) is 17.6 Å². The monoisotopic (exact) mass is 421 g/mol. The minimum atomic E-state index is -0.855. The zero-order valence-corrected chi connectivity index (χ0v) is 14.7. The van der Waals surface area contributed by atoms with Crippen LogP contribution in [0.3, 0.4) is 0 Å². The Balaban J connectivity index is 3.11. The third kappa shape index (κ3) is 3.10. The molecule has 0 fully saturated rings. The van der Waals surface area contributed by atoms with Crippen molar-refractivity contribution in [2.45, 2.75) is 8.89 Å². The molecule has 0 radical (unpaired) electrons. The molecule has 0 atom stereocenters. The molecule has 0 heterocycles. The molecule has 5 heteroatoms. The van der Waals surface area contributed by atoms with Crippen LogP contribution in [0, 0.1) is 40.6 Å². The van der Waals surface area contributed by atoms with Crippen LogP contribution in [0.4, 0.5) is 5.69 Å². The standard InChI is InChI=1S/C9H10NO3.CH3.Ra/c1-5(11)8-7(12)4-3-6(10-2)9(8)13;;/h3-4,10,12-13H,2H2,1H3;1H3;. The fourth-order valence-corrected chi connectivity index (χ4v) is 3.46. The van der Waals surface area contributed by atoms with E-state index in [9.17, 15) is 15.0 Å². The maximum atomic E-state index is 11.2. The quantitative estimate of drug-likeness (QED) is 0.394. The number of benzene rings is 1. The molecular formula is C10H13NO3Ra. The summed E-state index contributed by atoms with van der Waals surface area (Å²) in [6.45, 7) is 1.32. The Kier molecular flexibility index (Phi) is 4.90. The minimum absolute atomic E-state index is 0.00588. The van der Waals surface area contributed by atoms with Crippen molar-refractivity contribution in [1.29, 1.82) is 0 Å². The second-order valence-corrected chi connectivity index (χ2v) is 9.50. The summed E-state index contributed by atoms with van der Waals surface area (Å²) in [6.07, 6.45) is 0. The Hall–Kier alpha value is -0.242. The molecule has 0 aromatic heterocycles. The van der Waals surface area contributed by atoms with Crippen LogP contribution >= 0.6 is 0 Å². The summed E-state index contributed by atoms with van der Waals surface area (Å²) in [5.74, 6) is -0.659. The fraction of sp³-hybridized carbons (Fsp3) is 0.300. The first-order valence-electron chi connectivity index (χ1n) is 4.87. The molecule has 1 aromatic carbocycles. The molecule has 0 amide bonds. The molecule has 1 rings (SSSR count). The zero-order valence-electron chi connectivity index (χ0n) is 8.87. The average Bonchev–Trinajstić information content (AvgIpc) is 2.16. The van der Waals surface area contributed by atoms with Gasteiger partial charge in [0.05, 0.1) is 0 Å². The van der Waals surface area contributed by atoms with Gasteiger partial charge in [0, 0.05) is 0 Å². The van der Waals surface area contributed by atoms with E-state index < -0.39 is 40.6 Å². The van der Waals surface area contributed by atoms with E-state index in [1.165, 1.54) is 13.0 Å². The molecule has 15 heavy (non-hydrogen) atoms. The van der Waals surface area contributed by atoms with Crippen LogP contribution in [-0.2, 0) is 0 Å². The Labute approximate surface area is 111 Å². The summed E-state index contributed by atoms with van der Waals surface area (Å²) < 4.78 is 3.16. The molecule has 0 unspecified atom stereocenters. The van der Waals surface area contributed by atoms with Gasteiger partial charge in [-0.1, -0.05) is 0 Å². The number of carbonyl (C=O) groups excluding carboxylic acids is 1. The molecule has 0 saturated heterocycles. The second-order valence-electron chi connectivity index (χ2n) is 3.34. The molecule has 0 bridgehead atoms. The molecule has 78 valence electrons. The SMILES string of the molecule is [CH3][Ra][CH2]Nc1ccc(O)c(C(C)=O)c1O. The van der Waals surface area contributed by atoms with Crippen LogP contribution < -0.4 is 5.32 Å². The van der Waals surface area contributed by atoms with E-state index in [0.717, 1.165) is 1.59 Å². The van der Waals surface area contributed by atoms with Crippen molar-refractivity contribution < 1.29 is 55.6 Å². The van der Waals surface area contributed by atoms with Gasteiger partial charge in [0.2, 0.25) is 0 Å². The second kappa shape index (κ2) is 5.74. The average molecular weight is 421 g/mol. The van der Waals surface area contributed by atoms with Crippen molar-refractivity contribution in [3.8, 4) is 11.5 Å². The third-order valence-electron chi connectivity index (χ3n) is 2.07. The van der Waals surface area contributed by atoms with Gasteiger partial charge in [-0.3, -0.25) is 0 Å². The number of phenols is 2. The van der Waals surface area contributed by atoms with E-state index in [-0.39, 0.29) is 22.8 Å². The number of rotatable bonds is 4. The molecule has 0 aliphatic heterocycles. The maximum absolute atomic E-state index is 11.2. The van der Waals surface area contributed by atoms with E-state index in [1.54, 1.807) is 6.07 Å². The van der Waals surface area contributed by atoms with E-state index in [2.05, 4.69) is 7.28 Å². The number of phenolic OH excluding ortho intramolecular Hbond substituents is 2. The first-order valence-corrected chi connectivity index (χ1v) is 14.8. The van der Waals surface area contributed by atoms with Gasteiger partial charge in [0.1, 0.15) is 0 Å². The van der Waals surface area contributed by atoms with Crippen LogP contribution in [0.1, 0.15) is 17.3 Å². The van der Waals surface area contributed by atoms with Crippen molar-refractivity contribution in [3.63, 3.8) is 0 Å². The number of ketones is 1. The van der Waals surface area contributed by atoms with Crippen molar-refractivity contribution in [1.82, 2.24) is 0 Å². The van der Waals surface area contributed by atoms with E-state index >= 15 is 0 Å². The number of carbonyl (C=O) groups is 1. The molecule has 0 spiro atoms. The summed E-state index contributed by atoms with van der Waals surface area (Å²) in [4.78, 5) is 11.2. The van der Waals surface area contributed by atoms with E-state index in [0.29, 0.717) is 5.69 Å². The number of anilines is 1. The van der Waals surface area contributed by atoms with Crippen LogP contribution in [0.15, 0.2) is 12.1 Å². The molecule has 4 nitrogen and oxygen atoms in total. The van der Waals surface area contributed by atoms with Gasteiger partial charge in [-0.15, -0.1) is 0 Å². The molecule has 1 aromatic rings. The Bertz CT molecular complexity index is 379. The van der Waals surface area contributed by atoms with Gasteiger partial charge in [-0.2, -0.15) is 0 Å². The summed E-state index contributed by atoms with van der Waals surface area (Å²) >= 11 is -0.855. The van der Waals surface area contributed by atoms with Gasteiger partial charge in [0.15, 0.2) is 0 Å². The fourth-order valence-electron chi connectivity index (χ4n) is 1.33. The topological polar surface area (TPSA) is 69.6 Å². The number of hydrogen-bond acceptors (Lipinski definition) is 4. The van der Waals surface area contributed by atoms with E-state index in [1.807, 2.05) is 0 Å². The molecule has 0 aliphatic rings. The predicted molar refractivity (Wildman–Crippen MR) is 54.1 cm³/mol. The molecule has 0 saturated carbocycles. The molecular weight excluding hydrogens is 408 g/mol. The normalized spacial score (nSPS) is 9.47. The van der Waals surface area contributed by atoms with Crippen LogP contribution in [0.5, 0.6) is 11.5 Å². The molecule has 0 aliphatic carbocycles. The summed E-state index contributed by atoms with van der Waals surface area (Å²) in [6, 6.07) is 3.01. The van der Waals surface area contributed by atoms with Gasteiger partial charge in [0.25, 0.3) is 0 Å². The molecule has 3 N–H and O–H groups in total. The van der Waals surface area contributed by atoms with Gasteiger partial charge >= 0.3 is 112 Å². The number of aromatic hydroxyl groups is 2. The van der Waals surface area contributed by atoms with Gasteiger partial charge in [-0.05, 0) is 0 Å². The third-order valence-corrected chi connectivity index (χ3v) is 5.16. The van der Waals surface area contributed by atoms with Crippen molar-refractivity contribution in [2.24, 2.45) is 0 Å². The predicted octanol–water partition coefficient (Wildman–Crippen LogP) is 1.80.